The Hall–Kier alpha value is -3.37. The number of hydrogen-bond donors (Lipinski definition) is 2. The van der Waals surface area contributed by atoms with Gasteiger partial charge < -0.3 is 9.88 Å². The number of thiazole rings is 2. The quantitative estimate of drug-likeness (QED) is 0.496. The third kappa shape index (κ3) is 4.29. The molecule has 4 aromatic rings. The van der Waals surface area contributed by atoms with Crippen LogP contribution in [-0.2, 0) is 11.3 Å². The molecule has 0 saturated heterocycles. The Kier molecular flexibility index (Phi) is 5.42. The first-order chi connectivity index (χ1) is 14.4. The number of carbonyl (C=O) groups is 2. The summed E-state index contributed by atoms with van der Waals surface area (Å²) in [4.78, 5) is 45.4. The minimum Gasteiger partial charge on any atom is -0.305 e. The van der Waals surface area contributed by atoms with Gasteiger partial charge in [-0.3, -0.25) is 19.7 Å². The topological polar surface area (TPSA) is 106 Å². The maximum Gasteiger partial charge on any atom is 0.258 e. The van der Waals surface area contributed by atoms with Crippen molar-refractivity contribution in [2.24, 2.45) is 0 Å². The number of amides is 2. The number of hydrogen-bond acceptors (Lipinski definition) is 7. The minimum atomic E-state index is -0.405. The number of aromatic nitrogens is 3. The Morgan fingerprint density at radius 1 is 1.13 bits per heavy atom. The number of carbonyl (C=O) groups excluding carboxylic acids is 2. The number of pyridine rings is 1. The Morgan fingerprint density at radius 2 is 1.97 bits per heavy atom. The summed E-state index contributed by atoms with van der Waals surface area (Å²) in [5, 5.41) is 8.04. The molecule has 0 unspecified atom stereocenters. The van der Waals surface area contributed by atoms with E-state index in [9.17, 15) is 14.4 Å². The highest BCUT2D eigenvalue weighted by Crippen LogP contribution is 2.29. The minimum absolute atomic E-state index is 0.223. The summed E-state index contributed by atoms with van der Waals surface area (Å²) in [6.45, 7) is 3.77. The molecule has 10 heteroatoms. The van der Waals surface area contributed by atoms with Crippen molar-refractivity contribution in [3.05, 3.63) is 69.1 Å². The molecule has 3 aromatic heterocycles. The molecule has 0 aliphatic heterocycles. The zero-order chi connectivity index (χ0) is 21.3. The van der Waals surface area contributed by atoms with Gasteiger partial charge in [-0.15, -0.1) is 11.3 Å². The normalized spacial score (nSPS) is 10.9. The zero-order valence-electron chi connectivity index (χ0n) is 16.1. The molecule has 3 heterocycles. The van der Waals surface area contributed by atoms with E-state index >= 15 is 0 Å². The van der Waals surface area contributed by atoms with Gasteiger partial charge in [0.05, 0.1) is 15.8 Å². The van der Waals surface area contributed by atoms with Gasteiger partial charge in [0.15, 0.2) is 10.3 Å². The van der Waals surface area contributed by atoms with Crippen LogP contribution < -0.4 is 16.2 Å². The molecule has 0 fully saturated rings. The van der Waals surface area contributed by atoms with Crippen LogP contribution in [-0.4, -0.2) is 26.3 Å². The number of rotatable bonds is 5. The highest BCUT2D eigenvalue weighted by Gasteiger charge is 2.14. The van der Waals surface area contributed by atoms with Crippen molar-refractivity contribution in [1.29, 1.82) is 0 Å². The number of benzene rings is 1. The van der Waals surface area contributed by atoms with Gasteiger partial charge in [-0.05, 0) is 37.1 Å². The molecule has 0 saturated carbocycles. The van der Waals surface area contributed by atoms with Gasteiger partial charge in [-0.1, -0.05) is 17.4 Å². The van der Waals surface area contributed by atoms with Crippen LogP contribution in [0, 0.1) is 13.8 Å². The van der Waals surface area contributed by atoms with Crippen molar-refractivity contribution in [3.8, 4) is 0 Å². The largest absolute Gasteiger partial charge is 0.305 e. The Labute approximate surface area is 179 Å². The molecular formula is C20H17N5O3S2. The maximum absolute atomic E-state index is 12.7. The lowest BCUT2D eigenvalue weighted by Crippen LogP contribution is -2.28. The smallest absolute Gasteiger partial charge is 0.258 e. The van der Waals surface area contributed by atoms with Gasteiger partial charge in [0, 0.05) is 23.8 Å². The van der Waals surface area contributed by atoms with E-state index in [4.69, 9.17) is 0 Å². The van der Waals surface area contributed by atoms with Crippen molar-refractivity contribution < 1.29 is 9.59 Å². The molecule has 4 rings (SSSR count). The summed E-state index contributed by atoms with van der Waals surface area (Å²) in [7, 11) is 0. The molecule has 0 spiro atoms. The predicted molar refractivity (Wildman–Crippen MR) is 118 cm³/mol. The average Bonchev–Trinajstić information content (AvgIpc) is 3.33. The molecule has 0 aliphatic rings. The summed E-state index contributed by atoms with van der Waals surface area (Å²) in [6.07, 6.45) is 2.93. The Balaban J connectivity index is 1.52. The molecule has 152 valence electrons. The van der Waals surface area contributed by atoms with Crippen molar-refractivity contribution in [2.75, 3.05) is 10.6 Å². The van der Waals surface area contributed by atoms with E-state index < -0.39 is 11.8 Å². The van der Waals surface area contributed by atoms with Crippen molar-refractivity contribution in [2.45, 2.75) is 20.4 Å². The van der Waals surface area contributed by atoms with Crippen molar-refractivity contribution in [3.63, 3.8) is 0 Å². The molecular weight excluding hydrogens is 422 g/mol. The Morgan fingerprint density at radius 3 is 2.73 bits per heavy atom. The number of anilines is 2. The number of nitrogens with zero attached hydrogens (tertiary/aromatic N) is 3. The maximum atomic E-state index is 12.7. The first-order valence-electron chi connectivity index (χ1n) is 8.98. The second-order valence-corrected chi connectivity index (χ2v) is 8.60. The van der Waals surface area contributed by atoms with Crippen LogP contribution in [0.3, 0.4) is 0 Å². The summed E-state index contributed by atoms with van der Waals surface area (Å²) < 4.78 is 2.18. The highest BCUT2D eigenvalue weighted by molar-refractivity contribution is 7.22. The third-order valence-electron chi connectivity index (χ3n) is 4.29. The van der Waals surface area contributed by atoms with Crippen LogP contribution in [0.2, 0.25) is 0 Å². The van der Waals surface area contributed by atoms with Crippen LogP contribution in [0.25, 0.3) is 10.2 Å². The molecule has 30 heavy (non-hydrogen) atoms. The fourth-order valence-electron chi connectivity index (χ4n) is 2.98. The lowest BCUT2D eigenvalue weighted by molar-refractivity contribution is -0.116. The van der Waals surface area contributed by atoms with E-state index in [2.05, 4.69) is 20.6 Å². The van der Waals surface area contributed by atoms with Gasteiger partial charge in [0.1, 0.15) is 6.54 Å². The summed E-state index contributed by atoms with van der Waals surface area (Å²) in [5.41, 5.74) is 2.90. The van der Waals surface area contributed by atoms with Gasteiger partial charge in [-0.25, -0.2) is 9.97 Å². The van der Waals surface area contributed by atoms with Gasteiger partial charge >= 0.3 is 0 Å². The van der Waals surface area contributed by atoms with Crippen LogP contribution in [0.4, 0.5) is 10.3 Å². The van der Waals surface area contributed by atoms with Gasteiger partial charge in [-0.2, -0.15) is 0 Å². The van der Waals surface area contributed by atoms with E-state index in [1.165, 1.54) is 45.6 Å². The van der Waals surface area contributed by atoms with E-state index in [1.54, 1.807) is 11.6 Å². The summed E-state index contributed by atoms with van der Waals surface area (Å²) in [6, 6.07) is 6.75. The first kappa shape index (κ1) is 19.9. The lowest BCUT2D eigenvalue weighted by Gasteiger charge is -2.08. The van der Waals surface area contributed by atoms with Crippen LogP contribution in [0.5, 0.6) is 0 Å². The van der Waals surface area contributed by atoms with Crippen LogP contribution in [0.15, 0.2) is 46.8 Å². The van der Waals surface area contributed by atoms with E-state index in [0.29, 0.717) is 10.3 Å². The summed E-state index contributed by atoms with van der Waals surface area (Å²) in [5.74, 6) is -0.806. The van der Waals surface area contributed by atoms with E-state index in [-0.39, 0.29) is 17.7 Å². The van der Waals surface area contributed by atoms with Gasteiger partial charge in [0.25, 0.3) is 11.5 Å². The zero-order valence-corrected chi connectivity index (χ0v) is 17.8. The number of aryl methyl sites for hydroxylation is 2. The SMILES string of the molecule is Cc1cc(C)c2nc(NC(=O)c3ccc(=O)n(CC(=O)Nc4nccs4)c3)sc2c1. The number of nitrogens with one attached hydrogen (secondary N) is 2. The third-order valence-corrected chi connectivity index (χ3v) is 5.89. The average molecular weight is 440 g/mol. The van der Waals surface area contributed by atoms with Crippen LogP contribution in [0.1, 0.15) is 21.5 Å². The fraction of sp³-hybridized carbons (Fsp3) is 0.150. The first-order valence-corrected chi connectivity index (χ1v) is 10.7. The lowest BCUT2D eigenvalue weighted by atomic mass is 10.1. The molecule has 1 aromatic carbocycles. The molecule has 2 N–H and O–H groups in total. The standard InChI is InChI=1S/C20H17N5O3S2/c1-11-7-12(2)17-14(8-11)30-20(23-17)24-18(28)13-3-4-16(27)25(9-13)10-15(26)22-19-21-5-6-29-19/h3-9H,10H2,1-2H3,(H,21,22,26)(H,23,24,28). The fourth-order valence-corrected chi connectivity index (χ4v) is 4.56. The molecule has 0 atom stereocenters. The molecule has 0 aliphatic carbocycles. The second kappa shape index (κ2) is 8.17. The van der Waals surface area contributed by atoms with Crippen molar-refractivity contribution >= 4 is 55.0 Å². The summed E-state index contributed by atoms with van der Waals surface area (Å²) >= 11 is 2.67. The molecule has 0 bridgehead atoms. The molecule has 8 nitrogen and oxygen atoms in total. The monoisotopic (exact) mass is 439 g/mol. The predicted octanol–water partition coefficient (Wildman–Crippen LogP) is 3.42. The van der Waals surface area contributed by atoms with E-state index in [1.807, 2.05) is 26.0 Å². The Bertz CT molecular complexity index is 1310. The van der Waals surface area contributed by atoms with Gasteiger partial charge in [0.2, 0.25) is 5.91 Å². The number of fused-ring (bicyclic) bond motifs is 1. The second-order valence-electron chi connectivity index (χ2n) is 6.67. The highest BCUT2D eigenvalue weighted by atomic mass is 32.1. The van der Waals surface area contributed by atoms with Crippen molar-refractivity contribution in [1.82, 2.24) is 14.5 Å². The molecule has 2 amide bonds. The van der Waals surface area contributed by atoms with Crippen LogP contribution >= 0.6 is 22.7 Å². The molecule has 0 radical (unpaired) electrons. The van der Waals surface area contributed by atoms with E-state index in [0.717, 1.165) is 21.3 Å².